The Balaban J connectivity index is 2.21. The van der Waals surface area contributed by atoms with Crippen LogP contribution >= 0.6 is 33.9 Å². The minimum atomic E-state index is -0.398. The van der Waals surface area contributed by atoms with E-state index in [9.17, 15) is 5.11 Å². The van der Waals surface area contributed by atoms with Gasteiger partial charge in [-0.15, -0.1) is 11.3 Å². The van der Waals surface area contributed by atoms with Crippen molar-refractivity contribution in [3.63, 3.8) is 0 Å². The van der Waals surface area contributed by atoms with Gasteiger partial charge in [0.15, 0.2) is 0 Å². The van der Waals surface area contributed by atoms with E-state index >= 15 is 0 Å². The number of halogens is 1. The van der Waals surface area contributed by atoms with Crippen LogP contribution in [0.2, 0.25) is 0 Å². The van der Waals surface area contributed by atoms with E-state index in [0.29, 0.717) is 6.42 Å². The summed E-state index contributed by atoms with van der Waals surface area (Å²) >= 11 is 4.00. The molecule has 0 fully saturated rings. The molecule has 0 aliphatic rings. The average molecular weight is 344 g/mol. The maximum Gasteiger partial charge on any atom is 0.0848 e. The molecule has 0 radical (unpaired) electrons. The van der Waals surface area contributed by atoms with Crippen molar-refractivity contribution >= 4 is 33.9 Å². The number of hydrogen-bond donors (Lipinski definition) is 1. The zero-order valence-electron chi connectivity index (χ0n) is 8.98. The van der Waals surface area contributed by atoms with Crippen molar-refractivity contribution in [3.05, 3.63) is 55.3 Å². The Morgan fingerprint density at radius 2 is 2.12 bits per heavy atom. The molecule has 1 nitrogen and oxygen atoms in total. The third-order valence-corrected chi connectivity index (χ3v) is 4.93. The van der Waals surface area contributed by atoms with Gasteiger partial charge in [-0.25, -0.2) is 0 Å². The molecule has 1 heterocycles. The first-order chi connectivity index (χ1) is 7.68. The lowest BCUT2D eigenvalue weighted by Gasteiger charge is -2.13. The largest absolute Gasteiger partial charge is 0.388 e. The first-order valence-electron chi connectivity index (χ1n) is 5.14. The lowest BCUT2D eigenvalue weighted by atomic mass is 10.0. The highest BCUT2D eigenvalue weighted by Gasteiger charge is 2.13. The third-order valence-electron chi connectivity index (χ3n) is 2.56. The van der Waals surface area contributed by atoms with E-state index in [1.54, 1.807) is 11.3 Å². The van der Waals surface area contributed by atoms with E-state index in [1.807, 2.05) is 23.6 Å². The second-order valence-electron chi connectivity index (χ2n) is 3.78. The molecule has 3 heteroatoms. The number of thiophene rings is 1. The van der Waals surface area contributed by atoms with Gasteiger partial charge in [0.2, 0.25) is 0 Å². The minimum Gasteiger partial charge on any atom is -0.388 e. The average Bonchev–Trinajstić information content (AvgIpc) is 2.74. The lowest BCUT2D eigenvalue weighted by molar-refractivity contribution is 0.178. The molecule has 1 atom stereocenters. The van der Waals surface area contributed by atoms with Gasteiger partial charge in [-0.2, -0.15) is 0 Å². The molecule has 2 rings (SSSR count). The zero-order valence-corrected chi connectivity index (χ0v) is 12.0. The molecule has 1 N–H and O–H groups in total. The zero-order chi connectivity index (χ0) is 11.5. The topological polar surface area (TPSA) is 20.2 Å². The van der Waals surface area contributed by atoms with Crippen molar-refractivity contribution in [1.29, 1.82) is 0 Å². The van der Waals surface area contributed by atoms with E-state index in [2.05, 4.69) is 41.6 Å². The van der Waals surface area contributed by atoms with Gasteiger partial charge in [0.05, 0.1) is 6.10 Å². The summed E-state index contributed by atoms with van der Waals surface area (Å²) in [6.45, 7) is 2.07. The van der Waals surface area contributed by atoms with E-state index in [4.69, 9.17) is 0 Å². The Morgan fingerprint density at radius 1 is 1.31 bits per heavy atom. The second kappa shape index (κ2) is 5.29. The lowest BCUT2D eigenvalue weighted by Crippen LogP contribution is -2.03. The van der Waals surface area contributed by atoms with Crippen LogP contribution in [0.15, 0.2) is 35.7 Å². The van der Waals surface area contributed by atoms with Gasteiger partial charge in [-0.1, -0.05) is 24.3 Å². The smallest absolute Gasteiger partial charge is 0.0848 e. The SMILES string of the molecule is Cc1cccc(C(O)Cc2cccs2)c1I. The Hall–Kier alpha value is -0.390. The molecule has 1 aromatic heterocycles. The molecule has 84 valence electrons. The highest BCUT2D eigenvalue weighted by atomic mass is 127. The molecule has 1 unspecified atom stereocenters. The van der Waals surface area contributed by atoms with Crippen molar-refractivity contribution in [2.45, 2.75) is 19.4 Å². The molecule has 16 heavy (non-hydrogen) atoms. The van der Waals surface area contributed by atoms with E-state index in [1.165, 1.54) is 14.0 Å². The summed E-state index contributed by atoms with van der Waals surface area (Å²) in [5.41, 5.74) is 2.26. The van der Waals surface area contributed by atoms with Gasteiger partial charge in [0.1, 0.15) is 0 Å². The maximum absolute atomic E-state index is 10.2. The fourth-order valence-electron chi connectivity index (χ4n) is 1.66. The maximum atomic E-state index is 10.2. The fourth-order valence-corrected chi connectivity index (χ4v) is 3.12. The molecular formula is C13H13IOS. The normalized spacial score (nSPS) is 12.7. The number of aliphatic hydroxyl groups excluding tert-OH is 1. The molecular weight excluding hydrogens is 331 g/mol. The number of aliphatic hydroxyl groups is 1. The third kappa shape index (κ3) is 2.64. The first-order valence-corrected chi connectivity index (χ1v) is 7.10. The van der Waals surface area contributed by atoms with Crippen LogP contribution < -0.4 is 0 Å². The number of aryl methyl sites for hydroxylation is 1. The predicted octanol–water partition coefficient (Wildman–Crippen LogP) is 3.94. The number of hydrogen-bond acceptors (Lipinski definition) is 2. The van der Waals surface area contributed by atoms with Gasteiger partial charge in [0.25, 0.3) is 0 Å². The summed E-state index contributed by atoms with van der Waals surface area (Å²) in [7, 11) is 0. The molecule has 2 aromatic rings. The van der Waals surface area contributed by atoms with Gasteiger partial charge in [0, 0.05) is 14.9 Å². The van der Waals surface area contributed by atoms with Gasteiger partial charge in [-0.05, 0) is 52.1 Å². The van der Waals surface area contributed by atoms with Crippen LogP contribution in [-0.2, 0) is 6.42 Å². The summed E-state index contributed by atoms with van der Waals surface area (Å²) in [6, 6.07) is 10.2. The van der Waals surface area contributed by atoms with Gasteiger partial charge >= 0.3 is 0 Å². The van der Waals surface area contributed by atoms with Crippen LogP contribution in [0, 0.1) is 10.5 Å². The molecule has 0 bridgehead atoms. The second-order valence-corrected chi connectivity index (χ2v) is 5.89. The van der Waals surface area contributed by atoms with Gasteiger partial charge in [-0.3, -0.25) is 0 Å². The Morgan fingerprint density at radius 3 is 2.81 bits per heavy atom. The summed E-state index contributed by atoms with van der Waals surface area (Å²) in [4.78, 5) is 1.23. The molecule has 0 amide bonds. The van der Waals surface area contributed by atoms with Crippen molar-refractivity contribution in [2.75, 3.05) is 0 Å². The Kier molecular flexibility index (Phi) is 4.00. The fraction of sp³-hybridized carbons (Fsp3) is 0.231. The summed E-state index contributed by atoms with van der Waals surface area (Å²) in [5, 5.41) is 12.2. The Bertz CT molecular complexity index is 465. The molecule has 0 saturated heterocycles. The highest BCUT2D eigenvalue weighted by molar-refractivity contribution is 14.1. The van der Waals surface area contributed by atoms with Gasteiger partial charge < -0.3 is 5.11 Å². The predicted molar refractivity (Wildman–Crippen MR) is 76.9 cm³/mol. The van der Waals surface area contributed by atoms with Crippen LogP contribution in [0.5, 0.6) is 0 Å². The molecule has 1 aromatic carbocycles. The summed E-state index contributed by atoms with van der Waals surface area (Å²) in [5.74, 6) is 0. The van der Waals surface area contributed by atoms with Crippen LogP contribution in [0.25, 0.3) is 0 Å². The van der Waals surface area contributed by atoms with Crippen LogP contribution in [0.1, 0.15) is 22.1 Å². The monoisotopic (exact) mass is 344 g/mol. The Labute approximate surface area is 113 Å². The summed E-state index contributed by atoms with van der Waals surface area (Å²) in [6.07, 6.45) is 0.308. The van der Waals surface area contributed by atoms with Crippen molar-refractivity contribution in [3.8, 4) is 0 Å². The van der Waals surface area contributed by atoms with Crippen molar-refractivity contribution < 1.29 is 5.11 Å². The van der Waals surface area contributed by atoms with Crippen LogP contribution in [-0.4, -0.2) is 5.11 Å². The van der Waals surface area contributed by atoms with E-state index < -0.39 is 6.10 Å². The minimum absolute atomic E-state index is 0.398. The van der Waals surface area contributed by atoms with Crippen molar-refractivity contribution in [1.82, 2.24) is 0 Å². The van der Waals surface area contributed by atoms with Crippen LogP contribution in [0.4, 0.5) is 0 Å². The van der Waals surface area contributed by atoms with E-state index in [0.717, 1.165) is 5.56 Å². The molecule has 0 saturated carbocycles. The molecule has 0 aliphatic heterocycles. The van der Waals surface area contributed by atoms with E-state index in [-0.39, 0.29) is 0 Å². The first kappa shape index (κ1) is 12.1. The van der Waals surface area contributed by atoms with Crippen molar-refractivity contribution in [2.24, 2.45) is 0 Å². The number of rotatable bonds is 3. The highest BCUT2D eigenvalue weighted by Crippen LogP contribution is 2.26. The summed E-state index contributed by atoms with van der Waals surface area (Å²) < 4.78 is 1.17. The standard InChI is InChI=1S/C13H13IOS/c1-9-4-2-6-11(13(9)14)12(15)8-10-5-3-7-16-10/h2-7,12,15H,8H2,1H3. The quantitative estimate of drug-likeness (QED) is 0.837. The van der Waals surface area contributed by atoms with Crippen LogP contribution in [0.3, 0.4) is 0 Å². The molecule has 0 aliphatic carbocycles. The molecule has 0 spiro atoms. The number of benzene rings is 1.